The van der Waals surface area contributed by atoms with Crippen molar-refractivity contribution < 1.29 is 14.3 Å². The maximum Gasteiger partial charge on any atom is 0.347 e. The number of hydrogen-bond donors (Lipinski definition) is 0. The molecule has 196 valence electrons. The van der Waals surface area contributed by atoms with Crippen LogP contribution in [0.1, 0.15) is 114 Å². The van der Waals surface area contributed by atoms with Gasteiger partial charge >= 0.3 is 5.97 Å². The lowest BCUT2D eigenvalue weighted by Crippen LogP contribution is -2.29. The van der Waals surface area contributed by atoms with Crippen LogP contribution in [0.2, 0.25) is 0 Å². The first-order chi connectivity index (χ1) is 17.6. The van der Waals surface area contributed by atoms with Crippen LogP contribution in [0.3, 0.4) is 0 Å². The highest BCUT2D eigenvalue weighted by atomic mass is 16.6. The first-order valence-electron chi connectivity index (χ1n) is 14.1. The zero-order valence-electron chi connectivity index (χ0n) is 22.8. The van der Waals surface area contributed by atoms with E-state index >= 15 is 0 Å². The Hall–Kier alpha value is -2.73. The molecule has 0 aromatic heterocycles. The third-order valence-corrected chi connectivity index (χ3v) is 6.37. The van der Waals surface area contributed by atoms with E-state index in [1.807, 2.05) is 43.3 Å². The molecule has 0 heterocycles. The molecule has 0 spiro atoms. The highest BCUT2D eigenvalue weighted by Gasteiger charge is 2.21. The molecule has 1 unspecified atom stereocenters. The minimum atomic E-state index is -0.558. The minimum Gasteiger partial charge on any atom is -0.479 e. The van der Waals surface area contributed by atoms with Gasteiger partial charge in [-0.25, -0.2) is 4.79 Å². The molecule has 0 radical (unpaired) electrons. The standard InChI is InChI=1S/C33H46O3/c1-4-6-7-8-9-10-11-12-13-14-15-16-20-32(33(34)35-5-2)36-31-25-23-29(24-26-31)21-22-30-19-17-18-28(3)27-30/h17-19,23-27,32H,4-16,20H2,1-3H3. The van der Waals surface area contributed by atoms with E-state index in [9.17, 15) is 4.79 Å². The van der Waals surface area contributed by atoms with Crippen molar-refractivity contribution in [1.82, 2.24) is 0 Å². The second kappa shape index (κ2) is 18.5. The molecule has 0 saturated carbocycles. The van der Waals surface area contributed by atoms with E-state index in [4.69, 9.17) is 9.47 Å². The van der Waals surface area contributed by atoms with Gasteiger partial charge in [0.15, 0.2) is 6.10 Å². The topological polar surface area (TPSA) is 35.5 Å². The highest BCUT2D eigenvalue weighted by Crippen LogP contribution is 2.19. The van der Waals surface area contributed by atoms with Crippen molar-refractivity contribution in [3.63, 3.8) is 0 Å². The van der Waals surface area contributed by atoms with Gasteiger partial charge in [-0.1, -0.05) is 102 Å². The Balaban J connectivity index is 1.72. The van der Waals surface area contributed by atoms with Gasteiger partial charge in [-0.2, -0.15) is 0 Å². The van der Waals surface area contributed by atoms with Gasteiger partial charge in [-0.05, 0) is 68.7 Å². The number of unbranched alkanes of at least 4 members (excludes halogenated alkanes) is 11. The summed E-state index contributed by atoms with van der Waals surface area (Å²) >= 11 is 0. The van der Waals surface area contributed by atoms with Crippen molar-refractivity contribution in [2.24, 2.45) is 0 Å². The number of aryl methyl sites for hydroxylation is 1. The van der Waals surface area contributed by atoms with E-state index in [1.165, 1.54) is 69.8 Å². The summed E-state index contributed by atoms with van der Waals surface area (Å²) in [6.07, 6.45) is 15.7. The van der Waals surface area contributed by atoms with E-state index < -0.39 is 6.10 Å². The molecule has 36 heavy (non-hydrogen) atoms. The first kappa shape index (κ1) is 29.5. The normalized spacial score (nSPS) is 11.4. The lowest BCUT2D eigenvalue weighted by atomic mass is 10.0. The smallest absolute Gasteiger partial charge is 0.347 e. The minimum absolute atomic E-state index is 0.274. The van der Waals surface area contributed by atoms with E-state index in [2.05, 4.69) is 37.8 Å². The Morgan fingerprint density at radius 2 is 1.33 bits per heavy atom. The molecular weight excluding hydrogens is 444 g/mol. The molecular formula is C33H46O3. The van der Waals surface area contributed by atoms with Gasteiger partial charge in [-0.15, -0.1) is 0 Å². The molecule has 0 fully saturated rings. The predicted octanol–water partition coefficient (Wildman–Crippen LogP) is 8.80. The molecule has 2 aromatic rings. The largest absolute Gasteiger partial charge is 0.479 e. The Morgan fingerprint density at radius 1 is 0.750 bits per heavy atom. The zero-order valence-corrected chi connectivity index (χ0v) is 22.8. The lowest BCUT2D eigenvalue weighted by molar-refractivity contribution is -0.151. The number of ether oxygens (including phenoxy) is 2. The molecule has 2 rings (SSSR count). The van der Waals surface area contributed by atoms with E-state index in [1.54, 1.807) is 0 Å². The fraction of sp³-hybridized carbons (Fsp3) is 0.545. The van der Waals surface area contributed by atoms with E-state index in [0.717, 1.165) is 24.0 Å². The first-order valence-corrected chi connectivity index (χ1v) is 14.1. The van der Waals surface area contributed by atoms with Gasteiger partial charge in [0.1, 0.15) is 5.75 Å². The summed E-state index contributed by atoms with van der Waals surface area (Å²) in [5.41, 5.74) is 3.11. The van der Waals surface area contributed by atoms with Crippen molar-refractivity contribution in [1.29, 1.82) is 0 Å². The van der Waals surface area contributed by atoms with Gasteiger partial charge in [0.05, 0.1) is 6.61 Å². The quantitative estimate of drug-likeness (QED) is 0.126. The Morgan fingerprint density at radius 3 is 1.92 bits per heavy atom. The predicted molar refractivity (Wildman–Crippen MR) is 150 cm³/mol. The zero-order chi connectivity index (χ0) is 25.8. The molecule has 0 N–H and O–H groups in total. The molecule has 0 aliphatic rings. The van der Waals surface area contributed by atoms with Gasteiger partial charge in [0.2, 0.25) is 0 Å². The second-order valence-corrected chi connectivity index (χ2v) is 9.68. The molecule has 0 aliphatic heterocycles. The summed E-state index contributed by atoms with van der Waals surface area (Å²) in [6.45, 7) is 6.53. The summed E-state index contributed by atoms with van der Waals surface area (Å²) in [7, 11) is 0. The maximum atomic E-state index is 12.5. The maximum absolute atomic E-state index is 12.5. The van der Waals surface area contributed by atoms with Crippen LogP contribution in [0.15, 0.2) is 48.5 Å². The van der Waals surface area contributed by atoms with Crippen LogP contribution in [-0.4, -0.2) is 18.7 Å². The molecule has 0 amide bonds. The highest BCUT2D eigenvalue weighted by molar-refractivity contribution is 5.75. The Kier molecular flexibility index (Phi) is 15.2. The number of benzene rings is 2. The van der Waals surface area contributed by atoms with Crippen LogP contribution >= 0.6 is 0 Å². The number of esters is 1. The number of carbonyl (C=O) groups excluding carboxylic acids is 1. The summed E-state index contributed by atoms with van der Waals surface area (Å²) in [5, 5.41) is 0. The van der Waals surface area contributed by atoms with Crippen molar-refractivity contribution in [2.75, 3.05) is 6.61 Å². The van der Waals surface area contributed by atoms with Crippen LogP contribution in [0.5, 0.6) is 5.75 Å². The number of rotatable bonds is 17. The lowest BCUT2D eigenvalue weighted by Gasteiger charge is -2.17. The van der Waals surface area contributed by atoms with Gasteiger partial charge in [0, 0.05) is 11.1 Å². The molecule has 0 bridgehead atoms. The third kappa shape index (κ3) is 12.8. The fourth-order valence-corrected chi connectivity index (χ4v) is 4.28. The van der Waals surface area contributed by atoms with Gasteiger partial charge in [-0.3, -0.25) is 0 Å². The molecule has 3 nitrogen and oxygen atoms in total. The molecule has 0 saturated heterocycles. The van der Waals surface area contributed by atoms with Crippen molar-refractivity contribution in [3.8, 4) is 17.6 Å². The molecule has 2 aromatic carbocycles. The molecule has 1 atom stereocenters. The van der Waals surface area contributed by atoms with Crippen molar-refractivity contribution in [2.45, 2.75) is 110 Å². The van der Waals surface area contributed by atoms with E-state index in [-0.39, 0.29) is 5.97 Å². The van der Waals surface area contributed by atoms with Crippen LogP contribution in [0.25, 0.3) is 0 Å². The van der Waals surface area contributed by atoms with Crippen LogP contribution < -0.4 is 4.74 Å². The molecule has 3 heteroatoms. The summed E-state index contributed by atoms with van der Waals surface area (Å²) in [6, 6.07) is 15.8. The fourth-order valence-electron chi connectivity index (χ4n) is 4.28. The number of hydrogen-bond acceptors (Lipinski definition) is 3. The average molecular weight is 491 g/mol. The second-order valence-electron chi connectivity index (χ2n) is 9.68. The monoisotopic (exact) mass is 490 g/mol. The van der Waals surface area contributed by atoms with Crippen molar-refractivity contribution in [3.05, 3.63) is 65.2 Å². The van der Waals surface area contributed by atoms with Crippen LogP contribution in [0.4, 0.5) is 0 Å². The SMILES string of the molecule is CCCCCCCCCCCCCCC(Oc1ccc(C#Cc2cccc(C)c2)cc1)C(=O)OCC. The van der Waals surface area contributed by atoms with E-state index in [0.29, 0.717) is 18.8 Å². The van der Waals surface area contributed by atoms with Gasteiger partial charge < -0.3 is 9.47 Å². The summed E-state index contributed by atoms with van der Waals surface area (Å²) in [4.78, 5) is 12.5. The van der Waals surface area contributed by atoms with Crippen LogP contribution in [-0.2, 0) is 9.53 Å². The van der Waals surface area contributed by atoms with Gasteiger partial charge in [0.25, 0.3) is 0 Å². The van der Waals surface area contributed by atoms with Crippen LogP contribution in [0, 0.1) is 18.8 Å². The average Bonchev–Trinajstić information content (AvgIpc) is 2.88. The Bertz CT molecular complexity index is 920. The summed E-state index contributed by atoms with van der Waals surface area (Å²) in [5.74, 6) is 6.79. The number of carbonyl (C=O) groups is 1. The summed E-state index contributed by atoms with van der Waals surface area (Å²) < 4.78 is 11.3. The van der Waals surface area contributed by atoms with Crippen molar-refractivity contribution >= 4 is 5.97 Å². The molecule has 0 aliphatic carbocycles. The Labute approximate surface area is 220 Å². The third-order valence-electron chi connectivity index (χ3n) is 6.37.